The summed E-state index contributed by atoms with van der Waals surface area (Å²) in [6.45, 7) is 9.39. The number of hydrogen-bond donors (Lipinski definition) is 1. The normalized spacial score (nSPS) is 29.0. The number of fused-ring (bicyclic) bond motifs is 3. The molecule has 130 valence electrons. The Balaban J connectivity index is 1.91. The molecule has 0 spiro atoms. The van der Waals surface area contributed by atoms with Crippen molar-refractivity contribution in [2.45, 2.75) is 57.9 Å². The van der Waals surface area contributed by atoms with Crippen molar-refractivity contribution in [3.63, 3.8) is 0 Å². The third-order valence-electron chi connectivity index (χ3n) is 6.67. The maximum absolute atomic E-state index is 11.6. The minimum atomic E-state index is -0.777. The number of aryl methyl sites for hydroxylation is 1. The predicted molar refractivity (Wildman–Crippen MR) is 95.9 cm³/mol. The molecule has 3 aliphatic heterocycles. The van der Waals surface area contributed by atoms with Crippen LogP contribution in [0.25, 0.3) is 0 Å². The zero-order valence-electron chi connectivity index (χ0n) is 15.0. The van der Waals surface area contributed by atoms with Crippen molar-refractivity contribution in [3.8, 4) is 0 Å². The summed E-state index contributed by atoms with van der Waals surface area (Å²) in [7, 11) is 0. The number of carbonyl (C=O) groups is 1. The van der Waals surface area contributed by atoms with Crippen LogP contribution in [0, 0.1) is 5.41 Å². The van der Waals surface area contributed by atoms with E-state index in [9.17, 15) is 9.90 Å². The van der Waals surface area contributed by atoms with Crippen LogP contribution in [-0.2, 0) is 6.42 Å². The first-order valence-corrected chi connectivity index (χ1v) is 9.23. The average Bonchev–Trinajstić information content (AvgIpc) is 2.66. The number of nitrogens with zero attached hydrogens (tertiary/aromatic N) is 2. The topological polar surface area (TPSA) is 43.8 Å². The molecular weight excluding hydrogens is 300 g/mol. The van der Waals surface area contributed by atoms with Gasteiger partial charge in [0, 0.05) is 31.2 Å². The fourth-order valence-electron chi connectivity index (χ4n) is 5.62. The molecule has 1 saturated heterocycles. The number of benzene rings is 1. The molecule has 1 aromatic rings. The molecule has 0 aliphatic carbocycles. The van der Waals surface area contributed by atoms with Crippen LogP contribution in [0.1, 0.15) is 57.1 Å². The lowest BCUT2D eigenvalue weighted by Crippen LogP contribution is -2.64. The van der Waals surface area contributed by atoms with Gasteiger partial charge in [0.05, 0.1) is 5.54 Å². The monoisotopic (exact) mass is 328 g/mol. The van der Waals surface area contributed by atoms with Crippen LogP contribution in [0.2, 0.25) is 0 Å². The first-order chi connectivity index (χ1) is 11.4. The molecule has 3 heterocycles. The fraction of sp³-hybridized carbons (Fsp3) is 0.650. The van der Waals surface area contributed by atoms with E-state index in [0.717, 1.165) is 19.4 Å². The van der Waals surface area contributed by atoms with Crippen LogP contribution in [0.5, 0.6) is 0 Å². The Bertz CT molecular complexity index is 679. The van der Waals surface area contributed by atoms with Gasteiger partial charge in [0.2, 0.25) is 0 Å². The second-order valence-corrected chi connectivity index (χ2v) is 8.67. The van der Waals surface area contributed by atoms with Crippen molar-refractivity contribution in [2.24, 2.45) is 5.41 Å². The number of rotatable bonds is 0. The van der Waals surface area contributed by atoms with E-state index in [4.69, 9.17) is 0 Å². The highest BCUT2D eigenvalue weighted by atomic mass is 16.4. The van der Waals surface area contributed by atoms with E-state index < -0.39 is 6.09 Å². The Morgan fingerprint density at radius 1 is 1.25 bits per heavy atom. The van der Waals surface area contributed by atoms with E-state index in [-0.39, 0.29) is 16.9 Å². The Labute approximate surface area is 144 Å². The fourth-order valence-corrected chi connectivity index (χ4v) is 5.62. The molecule has 1 aromatic carbocycles. The minimum absolute atomic E-state index is 0.0295. The van der Waals surface area contributed by atoms with Gasteiger partial charge in [-0.2, -0.15) is 0 Å². The number of anilines is 1. The van der Waals surface area contributed by atoms with Gasteiger partial charge in [-0.3, -0.25) is 0 Å². The van der Waals surface area contributed by atoms with Crippen molar-refractivity contribution in [1.82, 2.24) is 4.90 Å². The van der Waals surface area contributed by atoms with Crippen LogP contribution in [-0.4, -0.2) is 41.3 Å². The zero-order chi connectivity index (χ0) is 17.1. The number of hydrogen-bond acceptors (Lipinski definition) is 2. The van der Waals surface area contributed by atoms with E-state index >= 15 is 0 Å². The molecule has 0 unspecified atom stereocenters. The van der Waals surface area contributed by atoms with Gasteiger partial charge in [-0.25, -0.2) is 4.79 Å². The van der Waals surface area contributed by atoms with Gasteiger partial charge in [0.1, 0.15) is 0 Å². The van der Waals surface area contributed by atoms with E-state index in [1.54, 1.807) is 4.90 Å². The molecule has 0 bridgehead atoms. The van der Waals surface area contributed by atoms with Gasteiger partial charge < -0.3 is 14.9 Å². The standard InChI is InChI=1S/C20H28N2O2/c1-19(2,3)20-10-12-21(18(23)24)13-16(20)15-9-6-8-14-7-4-5-11-22(20)17(14)15/h6,8-9,16H,4-5,7,10-13H2,1-3H3,(H,23,24)/t16-,20+/m0/s1. The Morgan fingerprint density at radius 2 is 2.04 bits per heavy atom. The van der Waals surface area contributed by atoms with Crippen molar-refractivity contribution in [1.29, 1.82) is 0 Å². The molecule has 3 aliphatic rings. The zero-order valence-corrected chi connectivity index (χ0v) is 15.0. The first-order valence-electron chi connectivity index (χ1n) is 9.23. The lowest BCUT2D eigenvalue weighted by molar-refractivity contribution is 0.0571. The second kappa shape index (κ2) is 5.14. The maximum atomic E-state index is 11.6. The van der Waals surface area contributed by atoms with Gasteiger partial charge in [-0.05, 0) is 42.2 Å². The van der Waals surface area contributed by atoms with Crippen molar-refractivity contribution >= 4 is 11.8 Å². The van der Waals surface area contributed by atoms with Gasteiger partial charge in [0.15, 0.2) is 0 Å². The third-order valence-corrected chi connectivity index (χ3v) is 6.67. The average molecular weight is 328 g/mol. The predicted octanol–water partition coefficient (Wildman–Crippen LogP) is 4.10. The quantitative estimate of drug-likeness (QED) is 0.780. The summed E-state index contributed by atoms with van der Waals surface area (Å²) >= 11 is 0. The summed E-state index contributed by atoms with van der Waals surface area (Å²) in [5, 5.41) is 9.54. The summed E-state index contributed by atoms with van der Waals surface area (Å²) in [5.41, 5.74) is 4.41. The molecule has 4 heteroatoms. The van der Waals surface area contributed by atoms with Gasteiger partial charge >= 0.3 is 6.09 Å². The largest absolute Gasteiger partial charge is 0.465 e. The van der Waals surface area contributed by atoms with Crippen LogP contribution < -0.4 is 4.90 Å². The lowest BCUT2D eigenvalue weighted by atomic mass is 9.62. The first kappa shape index (κ1) is 15.8. The molecule has 1 amide bonds. The van der Waals surface area contributed by atoms with Crippen molar-refractivity contribution in [2.75, 3.05) is 24.5 Å². The lowest BCUT2D eigenvalue weighted by Gasteiger charge is -2.56. The van der Waals surface area contributed by atoms with E-state index in [1.165, 1.54) is 29.7 Å². The molecule has 24 heavy (non-hydrogen) atoms. The van der Waals surface area contributed by atoms with Crippen molar-refractivity contribution < 1.29 is 9.90 Å². The van der Waals surface area contributed by atoms with Gasteiger partial charge in [-0.1, -0.05) is 39.0 Å². The highest BCUT2D eigenvalue weighted by Gasteiger charge is 2.60. The summed E-state index contributed by atoms with van der Waals surface area (Å²) in [6.07, 6.45) is 3.76. The molecule has 2 atom stereocenters. The minimum Gasteiger partial charge on any atom is -0.465 e. The van der Waals surface area contributed by atoms with E-state index in [1.807, 2.05) is 0 Å². The third kappa shape index (κ3) is 1.95. The van der Waals surface area contributed by atoms with Crippen LogP contribution in [0.3, 0.4) is 0 Å². The number of amides is 1. The van der Waals surface area contributed by atoms with E-state index in [2.05, 4.69) is 43.9 Å². The smallest absolute Gasteiger partial charge is 0.407 e. The molecule has 0 aromatic heterocycles. The maximum Gasteiger partial charge on any atom is 0.407 e. The Hall–Kier alpha value is -1.71. The van der Waals surface area contributed by atoms with Crippen LogP contribution >= 0.6 is 0 Å². The molecule has 4 rings (SSSR count). The molecule has 0 saturated carbocycles. The number of likely N-dealkylation sites (tertiary alicyclic amines) is 1. The summed E-state index contributed by atoms with van der Waals surface area (Å²) in [5.74, 6) is 0.274. The van der Waals surface area contributed by atoms with E-state index in [0.29, 0.717) is 13.1 Å². The number of para-hydroxylation sites is 1. The summed E-state index contributed by atoms with van der Waals surface area (Å²) in [4.78, 5) is 15.9. The Kier molecular flexibility index (Phi) is 3.38. The second-order valence-electron chi connectivity index (χ2n) is 8.67. The highest BCUT2D eigenvalue weighted by molar-refractivity contribution is 5.72. The summed E-state index contributed by atoms with van der Waals surface area (Å²) in [6, 6.07) is 6.70. The molecule has 1 fully saturated rings. The van der Waals surface area contributed by atoms with Gasteiger partial charge in [0.25, 0.3) is 0 Å². The molecule has 1 N–H and O–H groups in total. The summed E-state index contributed by atoms with van der Waals surface area (Å²) < 4.78 is 0. The molecule has 4 nitrogen and oxygen atoms in total. The van der Waals surface area contributed by atoms with Crippen molar-refractivity contribution in [3.05, 3.63) is 29.3 Å². The van der Waals surface area contributed by atoms with Crippen LogP contribution in [0.15, 0.2) is 18.2 Å². The number of carboxylic acid groups (broad SMARTS) is 1. The number of piperidine rings is 1. The molecular formula is C20H28N2O2. The van der Waals surface area contributed by atoms with Gasteiger partial charge in [-0.15, -0.1) is 0 Å². The molecule has 0 radical (unpaired) electrons. The SMILES string of the molecule is CC(C)(C)[C@@]12CCN(C(=O)O)C[C@H]1c1cccc3c1N2CCCC3. The highest BCUT2D eigenvalue weighted by Crippen LogP contribution is 2.60. The Morgan fingerprint density at radius 3 is 2.75 bits per heavy atom. The van der Waals surface area contributed by atoms with Crippen LogP contribution in [0.4, 0.5) is 10.5 Å².